The molecular formula is C20H26FNO3. The average molecular weight is 347 g/mol. The zero-order valence-corrected chi connectivity index (χ0v) is 15.0. The number of carbonyl (C=O) groups excluding carboxylic acids is 1. The summed E-state index contributed by atoms with van der Waals surface area (Å²) in [7, 11) is 0. The maximum Gasteiger partial charge on any atom is 0.303 e. The van der Waals surface area contributed by atoms with E-state index in [1.54, 1.807) is 0 Å². The van der Waals surface area contributed by atoms with Crippen LogP contribution in [-0.4, -0.2) is 23.5 Å². The minimum atomic E-state index is -0.775. The number of carbonyl (C=O) groups is 2. The van der Waals surface area contributed by atoms with E-state index in [-0.39, 0.29) is 30.0 Å². The molecule has 0 saturated heterocycles. The van der Waals surface area contributed by atoms with Crippen LogP contribution in [0.1, 0.15) is 44.0 Å². The molecule has 25 heavy (non-hydrogen) atoms. The summed E-state index contributed by atoms with van der Waals surface area (Å²) >= 11 is 0. The van der Waals surface area contributed by atoms with Gasteiger partial charge in [-0.1, -0.05) is 25.5 Å². The molecule has 1 aliphatic rings. The fourth-order valence-electron chi connectivity index (χ4n) is 3.63. The maximum atomic E-state index is 13.0. The van der Waals surface area contributed by atoms with Gasteiger partial charge < -0.3 is 10.4 Å². The molecule has 0 radical (unpaired) electrons. The summed E-state index contributed by atoms with van der Waals surface area (Å²) < 4.78 is 13.0. The number of carboxylic acids is 1. The first-order valence-corrected chi connectivity index (χ1v) is 8.71. The Labute approximate surface area is 148 Å². The lowest BCUT2D eigenvalue weighted by Gasteiger charge is -2.36. The number of benzene rings is 1. The van der Waals surface area contributed by atoms with Crippen LogP contribution in [0.2, 0.25) is 0 Å². The number of nitrogens with one attached hydrogen (secondary N) is 1. The van der Waals surface area contributed by atoms with E-state index in [0.29, 0.717) is 23.9 Å². The Morgan fingerprint density at radius 3 is 2.48 bits per heavy atom. The molecule has 5 heteroatoms. The molecule has 0 bridgehead atoms. The Bertz CT molecular complexity index is 651. The summed E-state index contributed by atoms with van der Waals surface area (Å²) in [6, 6.07) is 5.48. The van der Waals surface area contributed by atoms with E-state index in [9.17, 15) is 14.0 Å². The molecule has 1 amide bonds. The van der Waals surface area contributed by atoms with Gasteiger partial charge in [0.15, 0.2) is 0 Å². The van der Waals surface area contributed by atoms with Crippen LogP contribution in [0.5, 0.6) is 0 Å². The molecule has 1 aromatic carbocycles. The third-order valence-electron chi connectivity index (χ3n) is 5.11. The molecule has 3 unspecified atom stereocenters. The molecule has 0 aromatic heterocycles. The first kappa shape index (κ1) is 19.2. The first-order chi connectivity index (χ1) is 11.8. The number of hydrogen-bond donors (Lipinski definition) is 2. The molecule has 0 aliphatic heterocycles. The first-order valence-electron chi connectivity index (χ1n) is 8.71. The maximum absolute atomic E-state index is 13.0. The number of carboxylic acid groups (broad SMARTS) is 1. The second-order valence-corrected chi connectivity index (χ2v) is 7.23. The summed E-state index contributed by atoms with van der Waals surface area (Å²) in [5, 5.41) is 12.0. The van der Waals surface area contributed by atoms with E-state index in [1.165, 1.54) is 24.3 Å². The van der Waals surface area contributed by atoms with E-state index in [2.05, 4.69) is 25.2 Å². The van der Waals surface area contributed by atoms with E-state index < -0.39 is 5.97 Å². The van der Waals surface area contributed by atoms with E-state index in [1.807, 2.05) is 6.92 Å². The Hall–Kier alpha value is -2.17. The van der Waals surface area contributed by atoms with E-state index in [4.69, 9.17) is 5.11 Å². The Kier molecular flexibility index (Phi) is 6.34. The van der Waals surface area contributed by atoms with Crippen molar-refractivity contribution in [3.8, 4) is 0 Å². The number of allylic oxidation sites excluding steroid dienone is 1. The van der Waals surface area contributed by atoms with Crippen molar-refractivity contribution < 1.29 is 19.1 Å². The molecular weight excluding hydrogens is 321 g/mol. The summed E-state index contributed by atoms with van der Waals surface area (Å²) in [6.07, 6.45) is 3.09. The molecule has 3 atom stereocenters. The van der Waals surface area contributed by atoms with Gasteiger partial charge in [0.25, 0.3) is 5.91 Å². The Balaban J connectivity index is 2.05. The van der Waals surface area contributed by atoms with Crippen molar-refractivity contribution in [1.82, 2.24) is 5.32 Å². The molecule has 0 saturated carbocycles. The van der Waals surface area contributed by atoms with E-state index >= 15 is 0 Å². The van der Waals surface area contributed by atoms with Crippen LogP contribution >= 0.6 is 0 Å². The summed E-state index contributed by atoms with van der Waals surface area (Å²) in [5.41, 5.74) is 1.52. The normalized spacial score (nSPS) is 23.2. The number of rotatable bonds is 6. The molecule has 2 N–H and O–H groups in total. The second-order valence-electron chi connectivity index (χ2n) is 7.23. The van der Waals surface area contributed by atoms with Crippen molar-refractivity contribution in [2.24, 2.45) is 23.7 Å². The number of aliphatic carboxylic acids is 1. The topological polar surface area (TPSA) is 66.4 Å². The Morgan fingerprint density at radius 2 is 1.92 bits per heavy atom. The van der Waals surface area contributed by atoms with E-state index in [0.717, 1.165) is 12.0 Å². The van der Waals surface area contributed by atoms with Gasteiger partial charge in [-0.2, -0.15) is 0 Å². The lowest BCUT2D eigenvalue weighted by Crippen LogP contribution is -2.37. The van der Waals surface area contributed by atoms with Crippen molar-refractivity contribution in [3.05, 3.63) is 47.3 Å². The zero-order valence-electron chi connectivity index (χ0n) is 15.0. The van der Waals surface area contributed by atoms with Crippen LogP contribution in [0.25, 0.3) is 0 Å². The minimum absolute atomic E-state index is 0.0638. The van der Waals surface area contributed by atoms with Crippen molar-refractivity contribution in [2.75, 3.05) is 6.54 Å². The van der Waals surface area contributed by atoms with Crippen molar-refractivity contribution in [1.29, 1.82) is 0 Å². The van der Waals surface area contributed by atoms with Crippen molar-refractivity contribution in [3.63, 3.8) is 0 Å². The molecule has 136 valence electrons. The summed E-state index contributed by atoms with van der Waals surface area (Å²) in [6.45, 7) is 6.73. The standard InChI is InChI=1S/C20H26FNO3/c1-12(2)18-9-15(10-19(23)24)13(3)8-16(18)11-22-20(25)14-4-6-17(21)7-5-14/h4-8,12,15-16,18H,9-11H2,1-3H3,(H,22,25)(H,23,24). The highest BCUT2D eigenvalue weighted by Gasteiger charge is 2.32. The lowest BCUT2D eigenvalue weighted by atomic mass is 9.70. The fraction of sp³-hybridized carbons (Fsp3) is 0.500. The number of amides is 1. The van der Waals surface area contributed by atoms with Crippen LogP contribution in [0.4, 0.5) is 4.39 Å². The number of halogens is 1. The van der Waals surface area contributed by atoms with Crippen molar-refractivity contribution >= 4 is 11.9 Å². The molecule has 0 fully saturated rings. The molecule has 2 rings (SSSR count). The molecule has 1 aliphatic carbocycles. The van der Waals surface area contributed by atoms with Gasteiger partial charge in [-0.3, -0.25) is 9.59 Å². The van der Waals surface area contributed by atoms with Gasteiger partial charge in [-0.25, -0.2) is 4.39 Å². The molecule has 0 spiro atoms. The predicted octanol–water partition coefficient (Wildman–Crippen LogP) is 3.88. The second kappa shape index (κ2) is 8.28. The zero-order chi connectivity index (χ0) is 18.6. The van der Waals surface area contributed by atoms with Crippen LogP contribution in [0.3, 0.4) is 0 Å². The van der Waals surface area contributed by atoms with Gasteiger partial charge in [0, 0.05) is 12.1 Å². The summed E-state index contributed by atoms with van der Waals surface area (Å²) in [4.78, 5) is 23.3. The largest absolute Gasteiger partial charge is 0.481 e. The number of hydrogen-bond acceptors (Lipinski definition) is 2. The van der Waals surface area contributed by atoms with Crippen LogP contribution < -0.4 is 5.32 Å². The monoisotopic (exact) mass is 347 g/mol. The SMILES string of the molecule is CC1=CC(CNC(=O)c2ccc(F)cc2)C(C(C)C)CC1CC(=O)O. The predicted molar refractivity (Wildman–Crippen MR) is 94.7 cm³/mol. The van der Waals surface area contributed by atoms with Gasteiger partial charge >= 0.3 is 5.97 Å². The fourth-order valence-corrected chi connectivity index (χ4v) is 3.63. The highest BCUT2D eigenvalue weighted by Crippen LogP contribution is 2.38. The third kappa shape index (κ3) is 5.15. The van der Waals surface area contributed by atoms with Crippen LogP contribution in [0, 0.1) is 29.5 Å². The smallest absolute Gasteiger partial charge is 0.303 e. The summed E-state index contributed by atoms with van der Waals surface area (Å²) in [5.74, 6) is -0.408. The van der Waals surface area contributed by atoms with Gasteiger partial charge in [0.2, 0.25) is 0 Å². The highest BCUT2D eigenvalue weighted by molar-refractivity contribution is 5.94. The van der Waals surface area contributed by atoms with Gasteiger partial charge in [-0.05, 0) is 61.3 Å². The van der Waals surface area contributed by atoms with Gasteiger partial charge in [-0.15, -0.1) is 0 Å². The molecule has 1 aromatic rings. The molecule has 0 heterocycles. The lowest BCUT2D eigenvalue weighted by molar-refractivity contribution is -0.138. The van der Waals surface area contributed by atoms with Gasteiger partial charge in [0.05, 0.1) is 6.42 Å². The van der Waals surface area contributed by atoms with Crippen LogP contribution in [-0.2, 0) is 4.79 Å². The minimum Gasteiger partial charge on any atom is -0.481 e. The Morgan fingerprint density at radius 1 is 1.28 bits per heavy atom. The third-order valence-corrected chi connectivity index (χ3v) is 5.11. The van der Waals surface area contributed by atoms with Crippen molar-refractivity contribution in [2.45, 2.75) is 33.6 Å². The average Bonchev–Trinajstić information content (AvgIpc) is 2.54. The van der Waals surface area contributed by atoms with Crippen LogP contribution in [0.15, 0.2) is 35.9 Å². The quantitative estimate of drug-likeness (QED) is 0.767. The molecule has 4 nitrogen and oxygen atoms in total. The highest BCUT2D eigenvalue weighted by atomic mass is 19.1. The van der Waals surface area contributed by atoms with Gasteiger partial charge in [0.1, 0.15) is 5.82 Å².